The average molecular weight is 322 g/mol. The minimum Gasteiger partial charge on any atom is -0.316 e. The van der Waals surface area contributed by atoms with E-state index in [1.165, 1.54) is 6.07 Å². The van der Waals surface area contributed by atoms with Gasteiger partial charge in [-0.15, -0.1) is 0 Å². The zero-order chi connectivity index (χ0) is 13.1. The molecule has 1 aromatic rings. The Morgan fingerprint density at radius 2 is 2.17 bits per heavy atom. The molecule has 0 saturated carbocycles. The maximum atomic E-state index is 14.1. The van der Waals surface area contributed by atoms with Crippen molar-refractivity contribution in [2.24, 2.45) is 5.92 Å². The van der Waals surface area contributed by atoms with Crippen molar-refractivity contribution < 1.29 is 13.2 Å². The first-order valence-electron chi connectivity index (χ1n) is 6.06. The first kappa shape index (κ1) is 13.9. The Hall–Kier alpha value is -0.550. The van der Waals surface area contributed by atoms with Gasteiger partial charge >= 0.3 is 0 Å². The number of alkyl halides is 1. The highest BCUT2D eigenvalue weighted by Crippen LogP contribution is 2.26. The van der Waals surface area contributed by atoms with Gasteiger partial charge in [0.1, 0.15) is 17.8 Å². The molecule has 18 heavy (non-hydrogen) atoms. The molecule has 1 heterocycles. The van der Waals surface area contributed by atoms with Crippen LogP contribution in [0.1, 0.15) is 18.4 Å². The van der Waals surface area contributed by atoms with Crippen LogP contribution in [0.2, 0.25) is 0 Å². The Morgan fingerprint density at radius 3 is 2.83 bits per heavy atom. The molecule has 1 saturated heterocycles. The average Bonchev–Trinajstić information content (AvgIpc) is 2.40. The number of nitrogens with one attached hydrogen (secondary N) is 1. The Balaban J connectivity index is 2.10. The summed E-state index contributed by atoms with van der Waals surface area (Å²) < 4.78 is 41.5. The lowest BCUT2D eigenvalue weighted by Crippen LogP contribution is -2.36. The van der Waals surface area contributed by atoms with Gasteiger partial charge in [-0.25, -0.2) is 13.2 Å². The second kappa shape index (κ2) is 6.06. The van der Waals surface area contributed by atoms with Gasteiger partial charge in [-0.05, 0) is 47.4 Å². The molecular formula is C13H15BrF3N. The Labute approximate surface area is 113 Å². The van der Waals surface area contributed by atoms with E-state index >= 15 is 0 Å². The molecule has 1 aromatic carbocycles. The van der Waals surface area contributed by atoms with Crippen LogP contribution < -0.4 is 5.32 Å². The van der Waals surface area contributed by atoms with Crippen LogP contribution in [0.25, 0.3) is 0 Å². The third-order valence-electron chi connectivity index (χ3n) is 3.38. The summed E-state index contributed by atoms with van der Waals surface area (Å²) in [7, 11) is 0. The van der Waals surface area contributed by atoms with E-state index in [0.29, 0.717) is 6.54 Å². The molecule has 2 rings (SSSR count). The van der Waals surface area contributed by atoms with E-state index in [4.69, 9.17) is 0 Å². The minimum atomic E-state index is -1.21. The number of piperidine rings is 1. The van der Waals surface area contributed by atoms with Crippen LogP contribution in [-0.2, 0) is 6.42 Å². The molecule has 5 heteroatoms. The monoisotopic (exact) mass is 321 g/mol. The van der Waals surface area contributed by atoms with Crippen molar-refractivity contribution in [3.8, 4) is 0 Å². The highest BCUT2D eigenvalue weighted by atomic mass is 79.9. The topological polar surface area (TPSA) is 12.0 Å². The van der Waals surface area contributed by atoms with Crippen molar-refractivity contribution in [2.75, 3.05) is 13.1 Å². The summed E-state index contributed by atoms with van der Waals surface area (Å²) in [4.78, 5) is 0. The van der Waals surface area contributed by atoms with E-state index in [1.807, 2.05) is 0 Å². The van der Waals surface area contributed by atoms with Crippen LogP contribution in [0.15, 0.2) is 16.6 Å². The third kappa shape index (κ3) is 3.06. The highest BCUT2D eigenvalue weighted by molar-refractivity contribution is 9.10. The van der Waals surface area contributed by atoms with Crippen LogP contribution in [0.3, 0.4) is 0 Å². The van der Waals surface area contributed by atoms with Crippen molar-refractivity contribution in [2.45, 2.75) is 25.4 Å². The van der Waals surface area contributed by atoms with Crippen LogP contribution in [-0.4, -0.2) is 19.3 Å². The number of halogens is 4. The lowest BCUT2D eigenvalue weighted by atomic mass is 9.90. The maximum absolute atomic E-state index is 14.1. The standard InChI is InChI=1S/C13H15BrF3N/c14-10-3-4-11(15)9(13(10)17)6-12(16)8-2-1-5-18-7-8/h3-4,8,12,18H,1-2,5-7H2. The van der Waals surface area contributed by atoms with Crippen LogP contribution in [0.5, 0.6) is 0 Å². The van der Waals surface area contributed by atoms with Gasteiger partial charge in [-0.3, -0.25) is 0 Å². The summed E-state index contributed by atoms with van der Waals surface area (Å²) >= 11 is 2.99. The number of hydrogen-bond acceptors (Lipinski definition) is 1. The lowest BCUT2D eigenvalue weighted by Gasteiger charge is -2.26. The summed E-state index contributed by atoms with van der Waals surface area (Å²) in [5, 5.41) is 3.11. The third-order valence-corrected chi connectivity index (χ3v) is 4.00. The van der Waals surface area contributed by atoms with Crippen molar-refractivity contribution in [1.82, 2.24) is 5.32 Å². The van der Waals surface area contributed by atoms with E-state index in [2.05, 4.69) is 21.2 Å². The maximum Gasteiger partial charge on any atom is 0.143 e. The number of hydrogen-bond donors (Lipinski definition) is 1. The SMILES string of the molecule is Fc1ccc(Br)c(F)c1CC(F)C1CCCNC1. The van der Waals surface area contributed by atoms with Crippen LogP contribution in [0, 0.1) is 17.6 Å². The summed E-state index contributed by atoms with van der Waals surface area (Å²) in [6.45, 7) is 1.47. The van der Waals surface area contributed by atoms with Gasteiger partial charge in [-0.1, -0.05) is 0 Å². The smallest absolute Gasteiger partial charge is 0.143 e. The first-order valence-corrected chi connectivity index (χ1v) is 6.86. The molecule has 0 aliphatic carbocycles. The van der Waals surface area contributed by atoms with E-state index in [1.54, 1.807) is 0 Å². The largest absolute Gasteiger partial charge is 0.316 e. The van der Waals surface area contributed by atoms with Crippen molar-refractivity contribution in [1.29, 1.82) is 0 Å². The van der Waals surface area contributed by atoms with E-state index in [-0.39, 0.29) is 22.4 Å². The fourth-order valence-electron chi connectivity index (χ4n) is 2.31. The van der Waals surface area contributed by atoms with Gasteiger partial charge < -0.3 is 5.32 Å². The Morgan fingerprint density at radius 1 is 1.39 bits per heavy atom. The van der Waals surface area contributed by atoms with E-state index < -0.39 is 17.8 Å². The van der Waals surface area contributed by atoms with Gasteiger partial charge in [0.2, 0.25) is 0 Å². The van der Waals surface area contributed by atoms with Crippen LogP contribution >= 0.6 is 15.9 Å². The molecule has 0 amide bonds. The fourth-order valence-corrected chi connectivity index (χ4v) is 2.68. The second-order valence-electron chi connectivity index (χ2n) is 4.65. The summed E-state index contributed by atoms with van der Waals surface area (Å²) in [6.07, 6.45) is 0.264. The lowest BCUT2D eigenvalue weighted by molar-refractivity contribution is 0.188. The molecule has 0 spiro atoms. The zero-order valence-corrected chi connectivity index (χ0v) is 11.4. The van der Waals surface area contributed by atoms with Crippen molar-refractivity contribution >= 4 is 15.9 Å². The number of rotatable bonds is 3. The Kier molecular flexibility index (Phi) is 4.67. The summed E-state index contributed by atoms with van der Waals surface area (Å²) in [5.41, 5.74) is -0.164. The van der Waals surface area contributed by atoms with Crippen molar-refractivity contribution in [3.05, 3.63) is 33.8 Å². The summed E-state index contributed by atoms with van der Waals surface area (Å²) in [6, 6.07) is 2.46. The molecule has 1 aliphatic heterocycles. The molecule has 0 aromatic heterocycles. The molecule has 2 unspecified atom stereocenters. The molecule has 2 atom stereocenters. The Bertz CT molecular complexity index is 419. The van der Waals surface area contributed by atoms with E-state index in [0.717, 1.165) is 25.5 Å². The zero-order valence-electron chi connectivity index (χ0n) is 9.86. The van der Waals surface area contributed by atoms with Crippen molar-refractivity contribution in [3.63, 3.8) is 0 Å². The minimum absolute atomic E-state index is 0.156. The van der Waals surface area contributed by atoms with Gasteiger partial charge in [0.15, 0.2) is 0 Å². The molecule has 0 bridgehead atoms. The quantitative estimate of drug-likeness (QED) is 0.839. The van der Waals surface area contributed by atoms with Gasteiger partial charge in [0, 0.05) is 24.4 Å². The summed E-state index contributed by atoms with van der Waals surface area (Å²) in [5.74, 6) is -1.53. The van der Waals surface area contributed by atoms with Gasteiger partial charge in [-0.2, -0.15) is 0 Å². The highest BCUT2D eigenvalue weighted by Gasteiger charge is 2.26. The van der Waals surface area contributed by atoms with Gasteiger partial charge in [0.05, 0.1) is 4.47 Å². The molecule has 1 aliphatic rings. The van der Waals surface area contributed by atoms with E-state index in [9.17, 15) is 13.2 Å². The predicted molar refractivity (Wildman–Crippen MR) is 68.3 cm³/mol. The van der Waals surface area contributed by atoms with Gasteiger partial charge in [0.25, 0.3) is 0 Å². The molecule has 1 nitrogen and oxygen atoms in total. The molecule has 1 N–H and O–H groups in total. The van der Waals surface area contributed by atoms with Crippen LogP contribution in [0.4, 0.5) is 13.2 Å². The first-order chi connectivity index (χ1) is 8.59. The number of benzene rings is 1. The molecule has 0 radical (unpaired) electrons. The normalized spacial score (nSPS) is 21.9. The molecule has 1 fully saturated rings. The second-order valence-corrected chi connectivity index (χ2v) is 5.50. The predicted octanol–water partition coefficient (Wildman–Crippen LogP) is 3.61. The fraction of sp³-hybridized carbons (Fsp3) is 0.538. The molecule has 100 valence electrons. The molecular weight excluding hydrogens is 307 g/mol.